The molecule has 0 unspecified atom stereocenters. The van der Waals surface area contributed by atoms with Crippen LogP contribution >= 0.6 is 11.3 Å². The van der Waals surface area contributed by atoms with Crippen LogP contribution in [-0.4, -0.2) is 48.8 Å². The van der Waals surface area contributed by atoms with Gasteiger partial charge in [0.1, 0.15) is 6.61 Å². The summed E-state index contributed by atoms with van der Waals surface area (Å²) < 4.78 is 5.30. The lowest BCUT2D eigenvalue weighted by Gasteiger charge is -2.31. The van der Waals surface area contributed by atoms with Gasteiger partial charge in [0.2, 0.25) is 0 Å². The highest BCUT2D eigenvalue weighted by molar-refractivity contribution is 7.10. The topological polar surface area (TPSA) is 49.8 Å². The van der Waals surface area contributed by atoms with E-state index in [0.717, 1.165) is 30.8 Å². The number of aliphatic hydroxyl groups is 1. The molecule has 0 bridgehead atoms. The molecule has 0 aliphatic carbocycles. The van der Waals surface area contributed by atoms with Crippen LogP contribution in [0.5, 0.6) is 0 Å². The number of carbonyl (C=O) groups excluding carboxylic acids is 1. The maximum absolute atomic E-state index is 12.3. The number of likely N-dealkylation sites (tertiary alicyclic amines) is 1. The second kappa shape index (κ2) is 6.71. The van der Waals surface area contributed by atoms with Crippen LogP contribution in [0.25, 0.3) is 0 Å². The molecule has 0 saturated carbocycles. The molecule has 0 radical (unpaired) electrons. The molecule has 1 aromatic rings. The second-order valence-corrected chi connectivity index (χ2v) is 5.30. The Kier molecular flexibility index (Phi) is 4.97. The molecule has 2 rings (SSSR count). The molecule has 0 aromatic carbocycles. The van der Waals surface area contributed by atoms with E-state index in [1.165, 1.54) is 11.3 Å². The van der Waals surface area contributed by atoms with E-state index in [1.807, 2.05) is 10.3 Å². The summed E-state index contributed by atoms with van der Waals surface area (Å²) in [5.41, 5.74) is 0.683. The smallest absolute Gasteiger partial charge is 0.254 e. The van der Waals surface area contributed by atoms with Gasteiger partial charge in [0.15, 0.2) is 0 Å². The third kappa shape index (κ3) is 3.57. The van der Waals surface area contributed by atoms with Crippen molar-refractivity contribution in [3.05, 3.63) is 21.9 Å². The fourth-order valence-electron chi connectivity index (χ4n) is 2.12. The molecule has 19 heavy (non-hydrogen) atoms. The van der Waals surface area contributed by atoms with Crippen molar-refractivity contribution in [2.75, 3.05) is 26.8 Å². The summed E-state index contributed by atoms with van der Waals surface area (Å²) in [6, 6.07) is 1.79. The summed E-state index contributed by atoms with van der Waals surface area (Å²) >= 11 is 1.43. The van der Waals surface area contributed by atoms with Crippen molar-refractivity contribution in [2.45, 2.75) is 18.9 Å². The van der Waals surface area contributed by atoms with Crippen LogP contribution < -0.4 is 0 Å². The van der Waals surface area contributed by atoms with Gasteiger partial charge in [0.05, 0.1) is 16.5 Å². The summed E-state index contributed by atoms with van der Waals surface area (Å²) in [5.74, 6) is 5.46. The number of thiophene rings is 1. The molecule has 1 fully saturated rings. The SMILES string of the molecule is COC1CCN(C(=O)c2csc(C#CCO)c2)CC1. The predicted octanol–water partition coefficient (Wildman–Crippen LogP) is 1.34. The van der Waals surface area contributed by atoms with Crippen molar-refractivity contribution in [3.63, 3.8) is 0 Å². The van der Waals surface area contributed by atoms with Gasteiger partial charge in [-0.05, 0) is 18.9 Å². The molecule has 4 nitrogen and oxygen atoms in total. The molecule has 1 N–H and O–H groups in total. The van der Waals surface area contributed by atoms with Crippen LogP contribution in [0.3, 0.4) is 0 Å². The molecule has 1 saturated heterocycles. The zero-order valence-electron chi connectivity index (χ0n) is 10.9. The van der Waals surface area contributed by atoms with Crippen LogP contribution in [0.2, 0.25) is 0 Å². The van der Waals surface area contributed by atoms with E-state index in [2.05, 4.69) is 11.8 Å². The molecular weight excluding hydrogens is 262 g/mol. The van der Waals surface area contributed by atoms with E-state index < -0.39 is 0 Å². The number of piperidine rings is 1. The quantitative estimate of drug-likeness (QED) is 0.831. The lowest BCUT2D eigenvalue weighted by Crippen LogP contribution is -2.40. The Hall–Kier alpha value is -1.35. The minimum Gasteiger partial charge on any atom is -0.384 e. The van der Waals surface area contributed by atoms with Crippen LogP contribution in [0.1, 0.15) is 28.1 Å². The first-order valence-corrected chi connectivity index (χ1v) is 7.13. The largest absolute Gasteiger partial charge is 0.384 e. The number of ether oxygens (including phenoxy) is 1. The highest BCUT2D eigenvalue weighted by atomic mass is 32.1. The first-order valence-electron chi connectivity index (χ1n) is 6.25. The van der Waals surface area contributed by atoms with Gasteiger partial charge in [-0.1, -0.05) is 11.8 Å². The Bertz CT molecular complexity index is 492. The van der Waals surface area contributed by atoms with Gasteiger partial charge in [-0.15, -0.1) is 11.3 Å². The van der Waals surface area contributed by atoms with Gasteiger partial charge in [-0.3, -0.25) is 4.79 Å². The maximum atomic E-state index is 12.3. The average molecular weight is 279 g/mol. The number of carbonyl (C=O) groups is 1. The standard InChI is InChI=1S/C14H17NO3S/c1-18-12-4-6-15(7-5-12)14(17)11-9-13(19-10-11)3-2-8-16/h9-10,12,16H,4-8H2,1H3. The number of hydrogen-bond donors (Lipinski definition) is 1. The van der Waals surface area contributed by atoms with E-state index in [4.69, 9.17) is 9.84 Å². The molecule has 1 aliphatic heterocycles. The summed E-state index contributed by atoms with van der Waals surface area (Å²) in [6.45, 7) is 1.32. The van der Waals surface area contributed by atoms with E-state index >= 15 is 0 Å². The molecule has 102 valence electrons. The lowest BCUT2D eigenvalue weighted by atomic mass is 10.1. The van der Waals surface area contributed by atoms with E-state index in [-0.39, 0.29) is 18.6 Å². The minimum absolute atomic E-state index is 0.0582. The molecule has 1 aromatic heterocycles. The van der Waals surface area contributed by atoms with Crippen molar-refractivity contribution >= 4 is 17.2 Å². The molecule has 0 atom stereocenters. The van der Waals surface area contributed by atoms with E-state index in [0.29, 0.717) is 5.56 Å². The zero-order valence-corrected chi connectivity index (χ0v) is 11.7. The van der Waals surface area contributed by atoms with Crippen molar-refractivity contribution < 1.29 is 14.6 Å². The predicted molar refractivity (Wildman–Crippen MR) is 74.2 cm³/mol. The number of amides is 1. The van der Waals surface area contributed by atoms with Crippen LogP contribution in [-0.2, 0) is 4.74 Å². The van der Waals surface area contributed by atoms with Crippen LogP contribution in [0, 0.1) is 11.8 Å². The van der Waals surface area contributed by atoms with E-state index in [1.54, 1.807) is 13.2 Å². The molecule has 1 amide bonds. The summed E-state index contributed by atoms with van der Waals surface area (Å²) in [5, 5.41) is 10.5. The highest BCUT2D eigenvalue weighted by Crippen LogP contribution is 2.19. The summed E-state index contributed by atoms with van der Waals surface area (Å²) in [7, 11) is 1.72. The monoisotopic (exact) mass is 279 g/mol. The lowest BCUT2D eigenvalue weighted by molar-refractivity contribution is 0.0351. The van der Waals surface area contributed by atoms with Crippen molar-refractivity contribution in [2.24, 2.45) is 0 Å². The number of methoxy groups -OCH3 is 1. The summed E-state index contributed by atoms with van der Waals surface area (Å²) in [4.78, 5) is 14.9. The first kappa shape index (κ1) is 14.1. The Morgan fingerprint density at radius 2 is 2.32 bits per heavy atom. The van der Waals surface area contributed by atoms with Gasteiger partial charge >= 0.3 is 0 Å². The highest BCUT2D eigenvalue weighted by Gasteiger charge is 2.23. The molecule has 0 spiro atoms. The third-order valence-corrected chi connectivity index (χ3v) is 4.05. The number of rotatable bonds is 2. The average Bonchev–Trinajstić information content (AvgIpc) is 2.93. The van der Waals surface area contributed by atoms with Crippen molar-refractivity contribution in [1.82, 2.24) is 4.90 Å². The van der Waals surface area contributed by atoms with Gasteiger partial charge in [0.25, 0.3) is 5.91 Å². The van der Waals surface area contributed by atoms with Gasteiger partial charge in [0, 0.05) is 25.6 Å². The Balaban J connectivity index is 1.98. The van der Waals surface area contributed by atoms with Gasteiger partial charge < -0.3 is 14.7 Å². The van der Waals surface area contributed by atoms with Crippen molar-refractivity contribution in [1.29, 1.82) is 0 Å². The van der Waals surface area contributed by atoms with Gasteiger partial charge in [-0.2, -0.15) is 0 Å². The molecule has 2 heterocycles. The van der Waals surface area contributed by atoms with Crippen LogP contribution in [0.4, 0.5) is 0 Å². The third-order valence-electron chi connectivity index (χ3n) is 3.20. The van der Waals surface area contributed by atoms with E-state index in [9.17, 15) is 4.79 Å². The normalized spacial score (nSPS) is 16.0. The Morgan fingerprint density at radius 3 is 2.95 bits per heavy atom. The van der Waals surface area contributed by atoms with Crippen LogP contribution in [0.15, 0.2) is 11.4 Å². The molecule has 5 heteroatoms. The molecular formula is C14H17NO3S. The Labute approximate surface area is 117 Å². The number of nitrogens with zero attached hydrogens (tertiary/aromatic N) is 1. The fraction of sp³-hybridized carbons (Fsp3) is 0.500. The van der Waals surface area contributed by atoms with Crippen molar-refractivity contribution in [3.8, 4) is 11.8 Å². The Morgan fingerprint density at radius 1 is 1.58 bits per heavy atom. The second-order valence-electron chi connectivity index (χ2n) is 4.39. The number of hydrogen-bond acceptors (Lipinski definition) is 4. The zero-order chi connectivity index (χ0) is 13.7. The summed E-state index contributed by atoms with van der Waals surface area (Å²) in [6.07, 6.45) is 2.06. The first-order chi connectivity index (χ1) is 9.24. The minimum atomic E-state index is -0.161. The fourth-order valence-corrected chi connectivity index (χ4v) is 2.87. The number of aliphatic hydroxyl groups excluding tert-OH is 1. The van der Waals surface area contributed by atoms with Gasteiger partial charge in [-0.25, -0.2) is 0 Å². The maximum Gasteiger partial charge on any atom is 0.254 e. The molecule has 1 aliphatic rings.